The zero-order chi connectivity index (χ0) is 14.5. The van der Waals surface area contributed by atoms with Crippen LogP contribution in [0.4, 0.5) is 5.69 Å². The van der Waals surface area contributed by atoms with Crippen LogP contribution in [-0.2, 0) is 4.79 Å². The lowest BCUT2D eigenvalue weighted by Gasteiger charge is -2.36. The van der Waals surface area contributed by atoms with Crippen molar-refractivity contribution in [2.45, 2.75) is 12.5 Å². The third-order valence-corrected chi connectivity index (χ3v) is 3.70. The fraction of sp³-hybridized carbons (Fsp3) is 0.500. The van der Waals surface area contributed by atoms with Crippen molar-refractivity contribution in [2.75, 3.05) is 37.6 Å². The summed E-state index contributed by atoms with van der Waals surface area (Å²) < 4.78 is 0. The number of carboxylic acid groups (broad SMARTS) is 1. The fourth-order valence-corrected chi connectivity index (χ4v) is 2.53. The summed E-state index contributed by atoms with van der Waals surface area (Å²) in [5.74, 6) is -0.961. The van der Waals surface area contributed by atoms with Crippen molar-refractivity contribution in [3.8, 4) is 0 Å². The van der Waals surface area contributed by atoms with E-state index in [0.29, 0.717) is 6.54 Å². The standard InChI is InChI=1S/C14H19ClN2O3/c15-11-1-3-12(4-2-11)17-7-5-16(6-8-17)10-13(18)9-14(19)20/h1-4,13,18H,5-10H2,(H,19,20). The fourth-order valence-electron chi connectivity index (χ4n) is 2.40. The minimum atomic E-state index is -0.961. The van der Waals surface area contributed by atoms with E-state index in [2.05, 4.69) is 9.80 Å². The first-order valence-electron chi connectivity index (χ1n) is 6.67. The van der Waals surface area contributed by atoms with Crippen LogP contribution in [0.5, 0.6) is 0 Å². The molecule has 1 fully saturated rings. The van der Waals surface area contributed by atoms with Crippen LogP contribution in [-0.4, -0.2) is 59.9 Å². The maximum atomic E-state index is 10.5. The lowest BCUT2D eigenvalue weighted by Crippen LogP contribution is -2.48. The number of benzene rings is 1. The van der Waals surface area contributed by atoms with Gasteiger partial charge in [-0.1, -0.05) is 11.6 Å². The molecule has 0 saturated carbocycles. The summed E-state index contributed by atoms with van der Waals surface area (Å²) in [6.07, 6.45) is -0.994. The van der Waals surface area contributed by atoms with Crippen LogP contribution < -0.4 is 4.90 Å². The summed E-state index contributed by atoms with van der Waals surface area (Å²) in [6, 6.07) is 7.74. The quantitative estimate of drug-likeness (QED) is 0.858. The summed E-state index contributed by atoms with van der Waals surface area (Å²) in [5, 5.41) is 19.0. The number of aliphatic hydroxyl groups excluding tert-OH is 1. The minimum Gasteiger partial charge on any atom is -0.481 e. The molecular weight excluding hydrogens is 280 g/mol. The lowest BCUT2D eigenvalue weighted by atomic mass is 10.2. The topological polar surface area (TPSA) is 64.0 Å². The number of anilines is 1. The third kappa shape index (κ3) is 4.37. The molecule has 0 amide bonds. The van der Waals surface area contributed by atoms with Gasteiger partial charge in [0.15, 0.2) is 0 Å². The molecular formula is C14H19ClN2O3. The van der Waals surface area contributed by atoms with Gasteiger partial charge < -0.3 is 15.1 Å². The highest BCUT2D eigenvalue weighted by Gasteiger charge is 2.20. The Morgan fingerprint density at radius 1 is 1.20 bits per heavy atom. The van der Waals surface area contributed by atoms with E-state index in [1.807, 2.05) is 24.3 Å². The van der Waals surface area contributed by atoms with Crippen molar-refractivity contribution in [3.05, 3.63) is 29.3 Å². The monoisotopic (exact) mass is 298 g/mol. The molecule has 1 aliphatic rings. The molecule has 0 radical (unpaired) electrons. The highest BCUT2D eigenvalue weighted by molar-refractivity contribution is 6.30. The molecule has 1 atom stereocenters. The summed E-state index contributed by atoms with van der Waals surface area (Å²) in [4.78, 5) is 14.9. The van der Waals surface area contributed by atoms with Crippen LogP contribution in [0.25, 0.3) is 0 Å². The number of hydrogen-bond acceptors (Lipinski definition) is 4. The lowest BCUT2D eigenvalue weighted by molar-refractivity contribution is -0.139. The van der Waals surface area contributed by atoms with Gasteiger partial charge in [-0.2, -0.15) is 0 Å². The second kappa shape index (κ2) is 6.92. The van der Waals surface area contributed by atoms with Crippen LogP contribution in [0.1, 0.15) is 6.42 Å². The minimum absolute atomic E-state index is 0.197. The molecule has 110 valence electrons. The molecule has 2 N–H and O–H groups in total. The molecule has 0 spiro atoms. The SMILES string of the molecule is O=C(O)CC(O)CN1CCN(c2ccc(Cl)cc2)CC1. The van der Waals surface area contributed by atoms with Gasteiger partial charge in [0.25, 0.3) is 0 Å². The molecule has 0 aromatic heterocycles. The van der Waals surface area contributed by atoms with Gasteiger partial charge >= 0.3 is 5.97 Å². The zero-order valence-electron chi connectivity index (χ0n) is 11.2. The summed E-state index contributed by atoms with van der Waals surface area (Å²) in [5.41, 5.74) is 1.14. The number of halogens is 1. The van der Waals surface area contributed by atoms with Crippen LogP contribution in [0.3, 0.4) is 0 Å². The first-order chi connectivity index (χ1) is 9.54. The van der Waals surface area contributed by atoms with Crippen LogP contribution in [0.2, 0.25) is 5.02 Å². The Morgan fingerprint density at radius 3 is 2.35 bits per heavy atom. The van der Waals surface area contributed by atoms with Crippen molar-refractivity contribution in [3.63, 3.8) is 0 Å². The molecule has 0 aliphatic carbocycles. The van der Waals surface area contributed by atoms with E-state index in [4.69, 9.17) is 16.7 Å². The first kappa shape index (κ1) is 15.1. The molecule has 2 rings (SSSR count). The van der Waals surface area contributed by atoms with Gasteiger partial charge in [0.1, 0.15) is 0 Å². The highest BCUT2D eigenvalue weighted by Crippen LogP contribution is 2.19. The van der Waals surface area contributed by atoms with Gasteiger partial charge in [-0.3, -0.25) is 9.69 Å². The van der Waals surface area contributed by atoms with Gasteiger partial charge in [-0.05, 0) is 24.3 Å². The second-order valence-electron chi connectivity index (χ2n) is 5.02. The van der Waals surface area contributed by atoms with E-state index in [-0.39, 0.29) is 6.42 Å². The molecule has 1 aliphatic heterocycles. The summed E-state index contributed by atoms with van der Waals surface area (Å²) in [7, 11) is 0. The van der Waals surface area contributed by atoms with Crippen LogP contribution >= 0.6 is 11.6 Å². The molecule has 0 bridgehead atoms. The largest absolute Gasteiger partial charge is 0.481 e. The number of carbonyl (C=O) groups is 1. The van der Waals surface area contributed by atoms with E-state index >= 15 is 0 Å². The van der Waals surface area contributed by atoms with Crippen LogP contribution in [0, 0.1) is 0 Å². The van der Waals surface area contributed by atoms with Gasteiger partial charge in [0.2, 0.25) is 0 Å². The molecule has 1 saturated heterocycles. The molecule has 6 heteroatoms. The third-order valence-electron chi connectivity index (χ3n) is 3.44. The predicted molar refractivity (Wildman–Crippen MR) is 78.4 cm³/mol. The van der Waals surface area contributed by atoms with Crippen LogP contribution in [0.15, 0.2) is 24.3 Å². The zero-order valence-corrected chi connectivity index (χ0v) is 12.0. The molecule has 1 aromatic rings. The van der Waals surface area contributed by atoms with Gasteiger partial charge in [-0.15, -0.1) is 0 Å². The number of hydrogen-bond donors (Lipinski definition) is 2. The number of aliphatic hydroxyl groups is 1. The Bertz CT molecular complexity index is 444. The highest BCUT2D eigenvalue weighted by atomic mass is 35.5. The average molecular weight is 299 g/mol. The van der Waals surface area contributed by atoms with E-state index < -0.39 is 12.1 Å². The Morgan fingerprint density at radius 2 is 1.80 bits per heavy atom. The first-order valence-corrected chi connectivity index (χ1v) is 7.05. The van der Waals surface area contributed by atoms with E-state index in [1.54, 1.807) is 0 Å². The molecule has 20 heavy (non-hydrogen) atoms. The van der Waals surface area contributed by atoms with Crippen molar-refractivity contribution < 1.29 is 15.0 Å². The van der Waals surface area contributed by atoms with E-state index in [0.717, 1.165) is 36.9 Å². The Hall–Kier alpha value is -1.30. The Balaban J connectivity index is 1.80. The second-order valence-corrected chi connectivity index (χ2v) is 5.45. The van der Waals surface area contributed by atoms with E-state index in [9.17, 15) is 9.90 Å². The number of nitrogens with zero attached hydrogens (tertiary/aromatic N) is 2. The number of piperazine rings is 1. The Kier molecular flexibility index (Phi) is 5.23. The van der Waals surface area contributed by atoms with Gasteiger partial charge in [0.05, 0.1) is 12.5 Å². The van der Waals surface area contributed by atoms with Crippen molar-refractivity contribution in [2.24, 2.45) is 0 Å². The maximum absolute atomic E-state index is 10.5. The van der Waals surface area contributed by atoms with Gasteiger partial charge in [0, 0.05) is 43.4 Å². The number of aliphatic carboxylic acids is 1. The van der Waals surface area contributed by atoms with Crippen molar-refractivity contribution in [1.29, 1.82) is 0 Å². The molecule has 5 nitrogen and oxygen atoms in total. The predicted octanol–water partition coefficient (Wildman–Crippen LogP) is 1.30. The molecule has 1 heterocycles. The van der Waals surface area contributed by atoms with E-state index in [1.165, 1.54) is 0 Å². The van der Waals surface area contributed by atoms with Crippen molar-refractivity contribution in [1.82, 2.24) is 4.90 Å². The van der Waals surface area contributed by atoms with Gasteiger partial charge in [-0.25, -0.2) is 0 Å². The van der Waals surface area contributed by atoms with Crippen molar-refractivity contribution >= 4 is 23.3 Å². The number of carboxylic acids is 1. The summed E-state index contributed by atoms with van der Waals surface area (Å²) in [6.45, 7) is 3.78. The smallest absolute Gasteiger partial charge is 0.306 e. The maximum Gasteiger partial charge on any atom is 0.306 e. The molecule has 1 unspecified atom stereocenters. The number of β-amino-alcohol motifs (C(OH)–C–C–N with tert-alkyl or cyclic N) is 1. The molecule has 1 aromatic carbocycles. The Labute approximate surface area is 123 Å². The number of rotatable bonds is 5. The normalized spacial score (nSPS) is 18.0. The average Bonchev–Trinajstić information content (AvgIpc) is 2.39. The summed E-state index contributed by atoms with van der Waals surface area (Å²) >= 11 is 5.87.